The van der Waals surface area contributed by atoms with Crippen LogP contribution < -0.4 is 5.32 Å². The van der Waals surface area contributed by atoms with Gasteiger partial charge in [0.15, 0.2) is 5.82 Å². The number of carbonyl (C=O) groups is 1. The fourth-order valence-electron chi connectivity index (χ4n) is 2.34. The topological polar surface area (TPSA) is 52.6 Å². The standard InChI is InChI=1S/C13H15BrF2N2O2/c14-10-4-8(15)5-11(16)13(10)17-12(20)6-18-3-1-2-9(18)7-19/h4-5,9,19H,1-3,6-7H2,(H,17,20)/t9-/m1/s1. The van der Waals surface area contributed by atoms with Crippen LogP contribution in [0.1, 0.15) is 12.8 Å². The van der Waals surface area contributed by atoms with Crippen LogP contribution in [0, 0.1) is 11.6 Å². The molecule has 0 bridgehead atoms. The van der Waals surface area contributed by atoms with Crippen LogP contribution in [0.5, 0.6) is 0 Å². The van der Waals surface area contributed by atoms with Crippen LogP contribution in [0.3, 0.4) is 0 Å². The van der Waals surface area contributed by atoms with Crippen LogP contribution in [0.4, 0.5) is 14.5 Å². The number of halogens is 3. The Hall–Kier alpha value is -1.05. The number of aliphatic hydroxyl groups is 1. The lowest BCUT2D eigenvalue weighted by atomic mass is 10.2. The Morgan fingerprint density at radius 2 is 2.25 bits per heavy atom. The second-order valence-corrected chi connectivity index (χ2v) is 5.60. The summed E-state index contributed by atoms with van der Waals surface area (Å²) in [7, 11) is 0. The molecule has 0 aliphatic carbocycles. The summed E-state index contributed by atoms with van der Waals surface area (Å²) in [6, 6.07) is 1.78. The molecule has 7 heteroatoms. The van der Waals surface area contributed by atoms with Crippen molar-refractivity contribution in [1.29, 1.82) is 0 Å². The minimum absolute atomic E-state index is 0.00187. The zero-order valence-corrected chi connectivity index (χ0v) is 12.3. The number of rotatable bonds is 4. The molecule has 0 radical (unpaired) electrons. The van der Waals surface area contributed by atoms with Crippen molar-refractivity contribution in [3.05, 3.63) is 28.2 Å². The normalized spacial score (nSPS) is 19.3. The van der Waals surface area contributed by atoms with E-state index in [4.69, 9.17) is 0 Å². The summed E-state index contributed by atoms with van der Waals surface area (Å²) in [6.07, 6.45) is 1.77. The maximum absolute atomic E-state index is 13.6. The first-order valence-electron chi connectivity index (χ1n) is 6.30. The van der Waals surface area contributed by atoms with Crippen molar-refractivity contribution in [3.8, 4) is 0 Å². The van der Waals surface area contributed by atoms with Crippen molar-refractivity contribution >= 4 is 27.5 Å². The first-order chi connectivity index (χ1) is 9.51. The number of amides is 1. The van der Waals surface area contributed by atoms with Crippen LogP contribution in [0.15, 0.2) is 16.6 Å². The lowest BCUT2D eigenvalue weighted by molar-refractivity contribution is -0.117. The molecule has 2 N–H and O–H groups in total. The van der Waals surface area contributed by atoms with Crippen molar-refractivity contribution in [2.24, 2.45) is 0 Å². The van der Waals surface area contributed by atoms with E-state index >= 15 is 0 Å². The SMILES string of the molecule is O=C(CN1CCC[C@@H]1CO)Nc1c(F)cc(F)cc1Br. The maximum atomic E-state index is 13.6. The highest BCUT2D eigenvalue weighted by Gasteiger charge is 2.25. The van der Waals surface area contributed by atoms with E-state index < -0.39 is 17.5 Å². The van der Waals surface area contributed by atoms with Gasteiger partial charge in [0.25, 0.3) is 0 Å². The highest BCUT2D eigenvalue weighted by molar-refractivity contribution is 9.10. The van der Waals surface area contributed by atoms with Crippen LogP contribution >= 0.6 is 15.9 Å². The van der Waals surface area contributed by atoms with Crippen LogP contribution in [0.2, 0.25) is 0 Å². The van der Waals surface area contributed by atoms with Gasteiger partial charge in [-0.05, 0) is 41.4 Å². The number of aliphatic hydroxyl groups excluding tert-OH is 1. The van der Waals surface area contributed by atoms with Crippen molar-refractivity contribution in [2.75, 3.05) is 25.0 Å². The average Bonchev–Trinajstić information content (AvgIpc) is 2.81. The Morgan fingerprint density at radius 3 is 2.90 bits per heavy atom. The molecule has 1 aliphatic heterocycles. The Kier molecular flexibility index (Phi) is 5.06. The summed E-state index contributed by atoms with van der Waals surface area (Å²) >= 11 is 3.02. The summed E-state index contributed by atoms with van der Waals surface area (Å²) in [5.41, 5.74) is -0.0730. The van der Waals surface area contributed by atoms with Gasteiger partial charge in [-0.25, -0.2) is 8.78 Å². The molecule has 0 aromatic heterocycles. The molecule has 1 aromatic carbocycles. The van der Waals surface area contributed by atoms with E-state index in [1.807, 2.05) is 4.90 Å². The maximum Gasteiger partial charge on any atom is 0.238 e. The van der Waals surface area contributed by atoms with Gasteiger partial charge in [-0.3, -0.25) is 9.69 Å². The second kappa shape index (κ2) is 6.60. The number of nitrogens with zero attached hydrogens (tertiary/aromatic N) is 1. The molecule has 1 heterocycles. The van der Waals surface area contributed by atoms with Crippen LogP contribution in [0.25, 0.3) is 0 Å². The van der Waals surface area contributed by atoms with Crippen molar-refractivity contribution in [1.82, 2.24) is 4.90 Å². The molecule has 0 saturated carbocycles. The fourth-order valence-corrected chi connectivity index (χ4v) is 2.84. The zero-order chi connectivity index (χ0) is 14.7. The molecule has 20 heavy (non-hydrogen) atoms. The quantitative estimate of drug-likeness (QED) is 0.876. The van der Waals surface area contributed by atoms with E-state index in [1.165, 1.54) is 0 Å². The van der Waals surface area contributed by atoms with Crippen molar-refractivity contribution in [3.63, 3.8) is 0 Å². The van der Waals surface area contributed by atoms with Crippen LogP contribution in [-0.4, -0.2) is 41.7 Å². The second-order valence-electron chi connectivity index (χ2n) is 4.74. The van der Waals surface area contributed by atoms with E-state index in [2.05, 4.69) is 21.2 Å². The smallest absolute Gasteiger partial charge is 0.238 e. The molecule has 0 unspecified atom stereocenters. The van der Waals surface area contributed by atoms with E-state index in [9.17, 15) is 18.7 Å². The van der Waals surface area contributed by atoms with Gasteiger partial charge in [0.2, 0.25) is 5.91 Å². The largest absolute Gasteiger partial charge is 0.395 e. The van der Waals surface area contributed by atoms with Gasteiger partial charge in [-0.1, -0.05) is 0 Å². The number of carbonyl (C=O) groups excluding carboxylic acids is 1. The van der Waals surface area contributed by atoms with Gasteiger partial charge < -0.3 is 10.4 Å². The van der Waals surface area contributed by atoms with Gasteiger partial charge in [0.1, 0.15) is 5.82 Å². The summed E-state index contributed by atoms with van der Waals surface area (Å²) in [4.78, 5) is 13.8. The predicted molar refractivity (Wildman–Crippen MR) is 74.4 cm³/mol. The predicted octanol–water partition coefficient (Wildman–Crippen LogP) is 2.12. The number of hydrogen-bond acceptors (Lipinski definition) is 3. The Bertz CT molecular complexity index is 490. The van der Waals surface area contributed by atoms with Gasteiger partial charge in [-0.15, -0.1) is 0 Å². The summed E-state index contributed by atoms with van der Waals surface area (Å²) in [5, 5.41) is 11.6. The summed E-state index contributed by atoms with van der Waals surface area (Å²) in [6.45, 7) is 0.808. The fraction of sp³-hybridized carbons (Fsp3) is 0.462. The van der Waals surface area contributed by atoms with Crippen molar-refractivity contribution < 1.29 is 18.7 Å². The minimum Gasteiger partial charge on any atom is -0.395 e. The molecule has 1 amide bonds. The van der Waals surface area contributed by atoms with Gasteiger partial charge in [0, 0.05) is 16.6 Å². The zero-order valence-electron chi connectivity index (χ0n) is 10.7. The van der Waals surface area contributed by atoms with Gasteiger partial charge >= 0.3 is 0 Å². The highest BCUT2D eigenvalue weighted by Crippen LogP contribution is 2.27. The van der Waals surface area contributed by atoms with E-state index in [-0.39, 0.29) is 29.4 Å². The number of likely N-dealkylation sites (tertiary alicyclic amines) is 1. The first-order valence-corrected chi connectivity index (χ1v) is 7.10. The molecule has 110 valence electrons. The first kappa shape index (κ1) is 15.3. The molecule has 1 saturated heterocycles. The molecule has 1 aromatic rings. The van der Waals surface area contributed by atoms with Crippen LogP contribution in [-0.2, 0) is 4.79 Å². The Labute approximate surface area is 123 Å². The molecule has 1 aliphatic rings. The Balaban J connectivity index is 2.01. The van der Waals surface area contributed by atoms with E-state index in [1.54, 1.807) is 0 Å². The third-order valence-corrected chi connectivity index (χ3v) is 3.95. The molecule has 1 fully saturated rings. The molecular formula is C13H15BrF2N2O2. The summed E-state index contributed by atoms with van der Waals surface area (Å²) in [5.74, 6) is -1.94. The lowest BCUT2D eigenvalue weighted by Gasteiger charge is -2.22. The third kappa shape index (κ3) is 3.53. The average molecular weight is 349 g/mol. The number of benzene rings is 1. The number of nitrogens with one attached hydrogen (secondary N) is 1. The summed E-state index contributed by atoms with van der Waals surface area (Å²) < 4.78 is 26.7. The molecule has 0 spiro atoms. The molecule has 2 rings (SSSR count). The number of anilines is 1. The lowest BCUT2D eigenvalue weighted by Crippen LogP contribution is -2.38. The minimum atomic E-state index is -0.828. The molecular weight excluding hydrogens is 334 g/mol. The van der Waals surface area contributed by atoms with E-state index in [0.29, 0.717) is 6.07 Å². The van der Waals surface area contributed by atoms with Gasteiger partial charge in [-0.2, -0.15) is 0 Å². The third-order valence-electron chi connectivity index (χ3n) is 3.33. The van der Waals surface area contributed by atoms with Crippen molar-refractivity contribution in [2.45, 2.75) is 18.9 Å². The monoisotopic (exact) mass is 348 g/mol. The van der Waals surface area contributed by atoms with E-state index in [0.717, 1.165) is 25.5 Å². The Morgan fingerprint density at radius 1 is 1.50 bits per heavy atom. The molecule has 1 atom stereocenters. The number of hydrogen-bond donors (Lipinski definition) is 2. The molecule has 4 nitrogen and oxygen atoms in total. The highest BCUT2D eigenvalue weighted by atomic mass is 79.9. The van der Waals surface area contributed by atoms with Gasteiger partial charge in [0.05, 0.1) is 18.8 Å².